The molecule has 0 amide bonds. The lowest BCUT2D eigenvalue weighted by Gasteiger charge is -2.16. The van der Waals surface area contributed by atoms with E-state index in [1.54, 1.807) is 25.2 Å². The van der Waals surface area contributed by atoms with Crippen molar-refractivity contribution >= 4 is 11.3 Å². The van der Waals surface area contributed by atoms with Crippen LogP contribution in [-0.2, 0) is 6.54 Å². The first-order chi connectivity index (χ1) is 11.3. The normalized spacial score (nSPS) is 18.6. The molecule has 5 heteroatoms. The van der Waals surface area contributed by atoms with Crippen molar-refractivity contribution in [1.29, 1.82) is 0 Å². The van der Waals surface area contributed by atoms with Crippen molar-refractivity contribution in [1.82, 2.24) is 14.7 Å². The quantitative estimate of drug-likeness (QED) is 0.871. The zero-order valence-electron chi connectivity index (χ0n) is 14.8. The molecule has 2 aromatic heterocycles. The van der Waals surface area contributed by atoms with E-state index >= 15 is 0 Å². The lowest BCUT2D eigenvalue weighted by atomic mass is 10.1. The molecule has 4 nitrogen and oxygen atoms in total. The molecule has 1 fully saturated rings. The van der Waals surface area contributed by atoms with Gasteiger partial charge in [-0.15, -0.1) is 11.3 Å². The molecule has 3 rings (SSSR count). The van der Waals surface area contributed by atoms with Crippen LogP contribution in [0.2, 0.25) is 0 Å². The second-order valence-corrected chi connectivity index (χ2v) is 8.29. The average molecular weight is 343 g/mol. The standard InChI is InChI=1S/C19H25N3OS/c1-14-11-15(2)22(20-14)16-8-10-21(12-16)13-18-6-5-17(24-18)7-9-19(3,4)23/h5-6,11,16,23H,8,10,12-13H2,1-4H3/t16-/m0/s1. The van der Waals surface area contributed by atoms with E-state index in [4.69, 9.17) is 0 Å². The van der Waals surface area contributed by atoms with Crippen LogP contribution in [0.1, 0.15) is 47.5 Å². The first-order valence-corrected chi connectivity index (χ1v) is 9.21. The van der Waals surface area contributed by atoms with Crippen LogP contribution in [0, 0.1) is 25.7 Å². The molecular formula is C19H25N3OS. The van der Waals surface area contributed by atoms with Gasteiger partial charge in [0.1, 0.15) is 5.60 Å². The van der Waals surface area contributed by atoms with Gasteiger partial charge in [-0.1, -0.05) is 11.8 Å². The molecular weight excluding hydrogens is 318 g/mol. The fourth-order valence-corrected chi connectivity index (χ4v) is 4.04. The van der Waals surface area contributed by atoms with E-state index in [1.165, 1.54) is 10.6 Å². The van der Waals surface area contributed by atoms with Gasteiger partial charge in [0.05, 0.1) is 16.6 Å². The lowest BCUT2D eigenvalue weighted by molar-refractivity contribution is 0.143. The van der Waals surface area contributed by atoms with Crippen molar-refractivity contribution in [2.24, 2.45) is 0 Å². The first-order valence-electron chi connectivity index (χ1n) is 8.39. The van der Waals surface area contributed by atoms with Gasteiger partial charge in [0, 0.05) is 30.2 Å². The molecule has 0 aromatic carbocycles. The highest BCUT2D eigenvalue weighted by Crippen LogP contribution is 2.26. The summed E-state index contributed by atoms with van der Waals surface area (Å²) in [5.74, 6) is 5.93. The van der Waals surface area contributed by atoms with Gasteiger partial charge < -0.3 is 5.11 Å². The Kier molecular flexibility index (Phi) is 4.82. The van der Waals surface area contributed by atoms with E-state index in [2.05, 4.69) is 52.5 Å². The number of aryl methyl sites for hydroxylation is 2. The average Bonchev–Trinajstić information content (AvgIpc) is 3.17. The van der Waals surface area contributed by atoms with Crippen LogP contribution < -0.4 is 0 Å². The van der Waals surface area contributed by atoms with Crippen LogP contribution in [0.3, 0.4) is 0 Å². The Balaban J connectivity index is 1.61. The minimum Gasteiger partial charge on any atom is -0.378 e. The summed E-state index contributed by atoms with van der Waals surface area (Å²) in [6.07, 6.45) is 1.15. The van der Waals surface area contributed by atoms with Crippen molar-refractivity contribution in [3.63, 3.8) is 0 Å². The fraction of sp³-hybridized carbons (Fsp3) is 0.526. The number of aromatic nitrogens is 2. The van der Waals surface area contributed by atoms with Gasteiger partial charge in [-0.2, -0.15) is 5.10 Å². The summed E-state index contributed by atoms with van der Waals surface area (Å²) in [7, 11) is 0. The molecule has 3 heterocycles. The van der Waals surface area contributed by atoms with Gasteiger partial charge in [-0.3, -0.25) is 9.58 Å². The van der Waals surface area contributed by atoms with Crippen LogP contribution >= 0.6 is 11.3 Å². The third kappa shape index (κ3) is 4.27. The largest absolute Gasteiger partial charge is 0.378 e. The summed E-state index contributed by atoms with van der Waals surface area (Å²) in [5, 5.41) is 14.3. The van der Waals surface area contributed by atoms with Crippen molar-refractivity contribution in [2.75, 3.05) is 13.1 Å². The van der Waals surface area contributed by atoms with E-state index in [9.17, 15) is 5.11 Å². The lowest BCUT2D eigenvalue weighted by Crippen LogP contribution is -2.21. The van der Waals surface area contributed by atoms with Crippen molar-refractivity contribution < 1.29 is 5.11 Å². The van der Waals surface area contributed by atoms with E-state index in [0.717, 1.165) is 36.6 Å². The zero-order chi connectivity index (χ0) is 17.3. The maximum atomic E-state index is 9.69. The Bertz CT molecular complexity index is 773. The van der Waals surface area contributed by atoms with Crippen LogP contribution in [0.5, 0.6) is 0 Å². The number of hydrogen-bond acceptors (Lipinski definition) is 4. The summed E-state index contributed by atoms with van der Waals surface area (Å²) in [6.45, 7) is 10.7. The Hall–Kier alpha value is -1.61. The summed E-state index contributed by atoms with van der Waals surface area (Å²) in [6, 6.07) is 6.83. The third-order valence-electron chi connectivity index (χ3n) is 4.17. The van der Waals surface area contributed by atoms with Crippen molar-refractivity contribution in [3.8, 4) is 11.8 Å². The molecule has 2 aromatic rings. The molecule has 0 saturated carbocycles. The predicted molar refractivity (Wildman–Crippen MR) is 98.1 cm³/mol. The van der Waals surface area contributed by atoms with Crippen molar-refractivity contribution in [2.45, 2.75) is 52.3 Å². The number of aliphatic hydroxyl groups is 1. The molecule has 0 aliphatic carbocycles. The summed E-state index contributed by atoms with van der Waals surface area (Å²) in [4.78, 5) is 4.82. The predicted octanol–water partition coefficient (Wildman–Crippen LogP) is 3.13. The molecule has 1 atom stereocenters. The number of nitrogens with zero attached hydrogens (tertiary/aromatic N) is 3. The second kappa shape index (κ2) is 6.72. The third-order valence-corrected chi connectivity index (χ3v) is 5.16. The van der Waals surface area contributed by atoms with Crippen molar-refractivity contribution in [3.05, 3.63) is 39.3 Å². The zero-order valence-corrected chi connectivity index (χ0v) is 15.7. The Morgan fingerprint density at radius 1 is 1.38 bits per heavy atom. The smallest absolute Gasteiger partial charge is 0.120 e. The minimum absolute atomic E-state index is 0.480. The van der Waals surface area contributed by atoms with E-state index < -0.39 is 5.60 Å². The summed E-state index contributed by atoms with van der Waals surface area (Å²) in [5.41, 5.74) is 1.41. The molecule has 1 aliphatic heterocycles. The number of likely N-dealkylation sites (tertiary alicyclic amines) is 1. The van der Waals surface area contributed by atoms with Crippen LogP contribution in [0.25, 0.3) is 0 Å². The summed E-state index contributed by atoms with van der Waals surface area (Å²) >= 11 is 1.72. The molecule has 128 valence electrons. The van der Waals surface area contributed by atoms with Crippen LogP contribution in [0.15, 0.2) is 18.2 Å². The van der Waals surface area contributed by atoms with E-state index in [0.29, 0.717) is 6.04 Å². The van der Waals surface area contributed by atoms with Gasteiger partial charge in [0.2, 0.25) is 0 Å². The topological polar surface area (TPSA) is 41.3 Å². The molecule has 1 saturated heterocycles. The molecule has 0 spiro atoms. The number of hydrogen-bond donors (Lipinski definition) is 1. The monoisotopic (exact) mass is 343 g/mol. The minimum atomic E-state index is -0.938. The number of thiophene rings is 1. The molecule has 0 unspecified atom stereocenters. The highest BCUT2D eigenvalue weighted by molar-refractivity contribution is 7.12. The van der Waals surface area contributed by atoms with Gasteiger partial charge in [0.25, 0.3) is 0 Å². The van der Waals surface area contributed by atoms with Gasteiger partial charge in [-0.05, 0) is 52.3 Å². The Morgan fingerprint density at radius 2 is 2.17 bits per heavy atom. The van der Waals surface area contributed by atoms with E-state index in [1.807, 2.05) is 6.07 Å². The van der Waals surface area contributed by atoms with Gasteiger partial charge >= 0.3 is 0 Å². The van der Waals surface area contributed by atoms with Gasteiger partial charge in [-0.25, -0.2) is 0 Å². The Morgan fingerprint density at radius 3 is 2.83 bits per heavy atom. The highest BCUT2D eigenvalue weighted by Gasteiger charge is 2.25. The molecule has 1 aliphatic rings. The number of rotatable bonds is 3. The Labute approximate surface area is 148 Å². The van der Waals surface area contributed by atoms with Crippen LogP contribution in [0.4, 0.5) is 0 Å². The molecule has 24 heavy (non-hydrogen) atoms. The van der Waals surface area contributed by atoms with E-state index in [-0.39, 0.29) is 0 Å². The fourth-order valence-electron chi connectivity index (χ4n) is 3.14. The van der Waals surface area contributed by atoms with Crippen LogP contribution in [-0.4, -0.2) is 38.5 Å². The maximum absolute atomic E-state index is 9.69. The second-order valence-electron chi connectivity index (χ2n) is 7.12. The molecule has 1 N–H and O–H groups in total. The maximum Gasteiger partial charge on any atom is 0.120 e. The summed E-state index contributed by atoms with van der Waals surface area (Å²) < 4.78 is 2.18. The SMILES string of the molecule is Cc1cc(C)n([C@H]2CCN(Cc3ccc(C#CC(C)(C)O)s3)C2)n1. The molecule has 0 bridgehead atoms. The highest BCUT2D eigenvalue weighted by atomic mass is 32.1. The molecule has 0 radical (unpaired) electrons. The first kappa shape index (κ1) is 17.2. The van der Waals surface area contributed by atoms with Gasteiger partial charge in [0.15, 0.2) is 0 Å².